The molecule has 2 aromatic carbocycles. The van der Waals surface area contributed by atoms with Gasteiger partial charge in [-0.05, 0) is 42.9 Å². The average molecular weight is 560 g/mol. The molecule has 0 bridgehead atoms. The number of hydrogen-bond donors (Lipinski definition) is 2. The van der Waals surface area contributed by atoms with Gasteiger partial charge >= 0.3 is 12.1 Å². The van der Waals surface area contributed by atoms with Gasteiger partial charge in [0, 0.05) is 17.5 Å². The number of aromatic carboxylic acids is 1. The third-order valence-electron chi connectivity index (χ3n) is 6.15. The Morgan fingerprint density at radius 2 is 1.87 bits per heavy atom. The van der Waals surface area contributed by atoms with Gasteiger partial charge in [0.2, 0.25) is 0 Å². The monoisotopic (exact) mass is 559 g/mol. The quantitative estimate of drug-likeness (QED) is 0.304. The minimum absolute atomic E-state index is 0.0345. The van der Waals surface area contributed by atoms with Crippen LogP contribution >= 0.6 is 0 Å². The number of imidazole rings is 1. The number of rotatable bonds is 12. The Bertz CT molecular complexity index is 1450. The van der Waals surface area contributed by atoms with Crippen LogP contribution in [-0.4, -0.2) is 41.7 Å². The number of halogens is 1. The van der Waals surface area contributed by atoms with E-state index in [-0.39, 0.29) is 46.3 Å². The summed E-state index contributed by atoms with van der Waals surface area (Å²) in [6, 6.07) is 10.2. The molecular weight excluding hydrogens is 525 g/mol. The van der Waals surface area contributed by atoms with Crippen LogP contribution < -0.4 is 4.72 Å². The third-order valence-corrected chi connectivity index (χ3v) is 7.52. The number of carbonyl (C=O) groups is 2. The molecule has 11 heteroatoms. The van der Waals surface area contributed by atoms with Gasteiger partial charge in [-0.1, -0.05) is 58.0 Å². The van der Waals surface area contributed by atoms with Gasteiger partial charge in [-0.2, -0.15) is 0 Å². The lowest BCUT2D eigenvalue weighted by atomic mass is 10.0. The molecule has 0 aliphatic rings. The molecule has 210 valence electrons. The van der Waals surface area contributed by atoms with Gasteiger partial charge in [0.15, 0.2) is 5.69 Å². The molecule has 1 amide bonds. The second kappa shape index (κ2) is 12.9. The number of nitrogens with one attached hydrogen (secondary N) is 1. The van der Waals surface area contributed by atoms with Crippen molar-refractivity contribution in [2.75, 3.05) is 6.61 Å². The van der Waals surface area contributed by atoms with Crippen molar-refractivity contribution in [2.24, 2.45) is 5.92 Å². The molecule has 0 aliphatic heterocycles. The highest BCUT2D eigenvalue weighted by molar-refractivity contribution is 7.90. The summed E-state index contributed by atoms with van der Waals surface area (Å²) in [6.45, 7) is 7.70. The van der Waals surface area contributed by atoms with Crippen LogP contribution in [0.5, 0.6) is 0 Å². The lowest BCUT2D eigenvalue weighted by Crippen LogP contribution is -2.31. The first kappa shape index (κ1) is 29.8. The molecule has 2 N–H and O–H groups in total. The summed E-state index contributed by atoms with van der Waals surface area (Å²) in [5, 5.41) is 9.79. The van der Waals surface area contributed by atoms with Gasteiger partial charge < -0.3 is 14.4 Å². The van der Waals surface area contributed by atoms with Crippen LogP contribution in [0.2, 0.25) is 0 Å². The largest absolute Gasteiger partial charge is 0.477 e. The number of sulfonamides is 1. The predicted molar refractivity (Wildman–Crippen MR) is 145 cm³/mol. The van der Waals surface area contributed by atoms with E-state index < -0.39 is 27.9 Å². The van der Waals surface area contributed by atoms with E-state index in [1.165, 1.54) is 34.9 Å². The standard InChI is InChI=1S/C28H34FN3O6S/c1-5-9-25-30-23(6-2)26(27(33)34)32(25)17-20-13-12-19(16-22(20)29)21-10-7-8-11-24(21)39(36,37)31-28(35)38-15-14-18(3)4/h7-8,10-13,16,18H,5-6,9,14-15,17H2,1-4H3,(H,31,35)(H,33,34). The van der Waals surface area contributed by atoms with E-state index in [2.05, 4.69) is 4.98 Å². The first-order chi connectivity index (χ1) is 18.5. The van der Waals surface area contributed by atoms with Crippen molar-refractivity contribution in [3.8, 4) is 11.1 Å². The lowest BCUT2D eigenvalue weighted by molar-refractivity contribution is 0.0683. The number of benzene rings is 2. The van der Waals surface area contributed by atoms with E-state index in [0.717, 1.165) is 6.42 Å². The molecule has 9 nitrogen and oxygen atoms in total. The molecule has 0 saturated heterocycles. The number of carboxylic acid groups (broad SMARTS) is 1. The molecule has 39 heavy (non-hydrogen) atoms. The zero-order chi connectivity index (χ0) is 28.7. The molecule has 0 unspecified atom stereocenters. The maximum Gasteiger partial charge on any atom is 0.421 e. The number of hydrogen-bond acceptors (Lipinski definition) is 6. The highest BCUT2D eigenvalue weighted by Crippen LogP contribution is 2.29. The second-order valence-electron chi connectivity index (χ2n) is 9.54. The molecule has 0 saturated carbocycles. The van der Waals surface area contributed by atoms with Crippen LogP contribution in [0.15, 0.2) is 47.4 Å². The van der Waals surface area contributed by atoms with Crippen molar-refractivity contribution in [3.05, 3.63) is 71.1 Å². The molecule has 3 aromatic rings. The molecule has 1 heterocycles. The maximum absolute atomic E-state index is 15.4. The van der Waals surface area contributed by atoms with Crippen LogP contribution in [0, 0.1) is 11.7 Å². The summed E-state index contributed by atoms with van der Waals surface area (Å²) < 4.78 is 49.8. The number of amides is 1. The van der Waals surface area contributed by atoms with Gasteiger partial charge in [-0.3, -0.25) is 0 Å². The minimum Gasteiger partial charge on any atom is -0.477 e. The number of carbonyl (C=O) groups excluding carboxylic acids is 1. The minimum atomic E-state index is -4.31. The first-order valence-electron chi connectivity index (χ1n) is 12.9. The Morgan fingerprint density at radius 3 is 2.49 bits per heavy atom. The summed E-state index contributed by atoms with van der Waals surface area (Å²) >= 11 is 0. The van der Waals surface area contributed by atoms with Gasteiger partial charge in [0.05, 0.1) is 23.7 Å². The topological polar surface area (TPSA) is 128 Å². The Labute approximate surface area is 228 Å². The normalized spacial score (nSPS) is 11.5. The molecule has 0 aliphatic carbocycles. The van der Waals surface area contributed by atoms with Gasteiger partial charge in [0.1, 0.15) is 11.6 Å². The van der Waals surface area contributed by atoms with E-state index in [9.17, 15) is 23.1 Å². The second-order valence-corrected chi connectivity index (χ2v) is 11.2. The van der Waals surface area contributed by atoms with Crippen molar-refractivity contribution in [3.63, 3.8) is 0 Å². The molecule has 3 rings (SSSR count). The molecule has 0 radical (unpaired) electrons. The number of aryl methyl sites for hydroxylation is 2. The zero-order valence-corrected chi connectivity index (χ0v) is 23.3. The smallest absolute Gasteiger partial charge is 0.421 e. The molecule has 0 atom stereocenters. The van der Waals surface area contributed by atoms with E-state index >= 15 is 4.39 Å². The van der Waals surface area contributed by atoms with Gasteiger partial charge in [-0.15, -0.1) is 0 Å². The number of nitrogens with zero attached hydrogens (tertiary/aromatic N) is 2. The Morgan fingerprint density at radius 1 is 1.15 bits per heavy atom. The Balaban J connectivity index is 1.92. The zero-order valence-electron chi connectivity index (χ0n) is 22.5. The molecule has 1 aromatic heterocycles. The van der Waals surface area contributed by atoms with Crippen LogP contribution in [0.1, 0.15) is 68.1 Å². The van der Waals surface area contributed by atoms with E-state index in [1.54, 1.807) is 12.1 Å². The molecule has 0 fully saturated rings. The lowest BCUT2D eigenvalue weighted by Gasteiger charge is -2.14. The van der Waals surface area contributed by atoms with Gasteiger partial charge in [-0.25, -0.2) is 32.1 Å². The van der Waals surface area contributed by atoms with E-state index in [0.29, 0.717) is 30.8 Å². The van der Waals surface area contributed by atoms with Crippen molar-refractivity contribution >= 4 is 22.1 Å². The summed E-state index contributed by atoms with van der Waals surface area (Å²) in [4.78, 5) is 28.3. The van der Waals surface area contributed by atoms with Crippen LogP contribution in [0.25, 0.3) is 11.1 Å². The summed E-state index contributed by atoms with van der Waals surface area (Å²) in [5.74, 6) is -0.915. The third kappa shape index (κ3) is 7.23. The van der Waals surface area contributed by atoms with Crippen LogP contribution in [-0.2, 0) is 34.1 Å². The number of carboxylic acids is 1. The number of ether oxygens (including phenoxy) is 1. The van der Waals surface area contributed by atoms with E-state index in [1.807, 2.05) is 32.4 Å². The highest BCUT2D eigenvalue weighted by atomic mass is 32.2. The Hall–Kier alpha value is -3.73. The molecular formula is C28H34FN3O6S. The Kier molecular flexibility index (Phi) is 9.85. The van der Waals surface area contributed by atoms with Gasteiger partial charge in [0.25, 0.3) is 10.0 Å². The van der Waals surface area contributed by atoms with E-state index in [4.69, 9.17) is 4.74 Å². The maximum atomic E-state index is 15.4. The fraction of sp³-hybridized carbons (Fsp3) is 0.393. The molecule has 0 spiro atoms. The fourth-order valence-corrected chi connectivity index (χ4v) is 5.28. The van der Waals surface area contributed by atoms with Crippen molar-refractivity contribution in [1.82, 2.24) is 14.3 Å². The average Bonchev–Trinajstić information content (AvgIpc) is 3.22. The highest BCUT2D eigenvalue weighted by Gasteiger charge is 2.24. The summed E-state index contributed by atoms with van der Waals surface area (Å²) in [6.07, 6.45) is 1.21. The van der Waals surface area contributed by atoms with Crippen molar-refractivity contribution in [1.29, 1.82) is 0 Å². The summed E-state index contributed by atoms with van der Waals surface area (Å²) in [7, 11) is -4.31. The first-order valence-corrected chi connectivity index (χ1v) is 14.4. The van der Waals surface area contributed by atoms with Crippen LogP contribution in [0.3, 0.4) is 0 Å². The number of aromatic nitrogens is 2. The SMILES string of the molecule is CCCc1nc(CC)c(C(=O)O)n1Cc1ccc(-c2ccccc2S(=O)(=O)NC(=O)OCCC(C)C)cc1F. The van der Waals surface area contributed by atoms with Crippen molar-refractivity contribution in [2.45, 2.75) is 64.8 Å². The fourth-order valence-electron chi connectivity index (χ4n) is 4.16. The van der Waals surface area contributed by atoms with Crippen LogP contribution in [0.4, 0.5) is 9.18 Å². The van der Waals surface area contributed by atoms with Crippen molar-refractivity contribution < 1.29 is 32.2 Å². The summed E-state index contributed by atoms with van der Waals surface area (Å²) in [5.41, 5.74) is 1.17. The predicted octanol–water partition coefficient (Wildman–Crippen LogP) is 5.41.